The van der Waals surface area contributed by atoms with Crippen molar-refractivity contribution >= 4 is 31.2 Å². The fourth-order valence-electron chi connectivity index (χ4n) is 3.55. The molecule has 2 aromatic rings. The minimum absolute atomic E-state index is 0.181. The maximum Gasteiger partial charge on any atom is 0.411 e. The summed E-state index contributed by atoms with van der Waals surface area (Å²) in [5.74, 6) is -0.498. The van der Waals surface area contributed by atoms with Gasteiger partial charge in [-0.05, 0) is 42.9 Å². The Balaban J connectivity index is 1.95. The van der Waals surface area contributed by atoms with Crippen molar-refractivity contribution in [1.82, 2.24) is 4.90 Å². The van der Waals surface area contributed by atoms with Crippen molar-refractivity contribution in [3.63, 3.8) is 0 Å². The normalized spacial score (nSPS) is 20.9. The molecule has 1 heterocycles. The van der Waals surface area contributed by atoms with Crippen LogP contribution in [0.1, 0.15) is 18.5 Å². The van der Waals surface area contributed by atoms with Gasteiger partial charge in [0.1, 0.15) is 0 Å². The van der Waals surface area contributed by atoms with E-state index < -0.39 is 32.5 Å². The number of esters is 1. The van der Waals surface area contributed by atoms with Crippen LogP contribution in [0.25, 0.3) is 10.8 Å². The minimum atomic E-state index is -1.83. The fourth-order valence-corrected chi connectivity index (χ4v) is 4.22. The number of cyclic esters (lactones) is 1. The van der Waals surface area contributed by atoms with Crippen LogP contribution in [0.3, 0.4) is 0 Å². The van der Waals surface area contributed by atoms with Crippen molar-refractivity contribution in [3.05, 3.63) is 48.0 Å². The lowest BCUT2D eigenvalue weighted by atomic mass is 9.97. The topological polar surface area (TPSA) is 65.1 Å². The molecule has 2 aromatic carbocycles. The lowest BCUT2D eigenvalue weighted by Gasteiger charge is -2.29. The first-order chi connectivity index (χ1) is 13.2. The fraction of sp³-hybridized carbons (Fsp3) is 0.429. The Bertz CT molecular complexity index is 873. The van der Waals surface area contributed by atoms with Gasteiger partial charge < -0.3 is 13.9 Å². The van der Waals surface area contributed by atoms with E-state index >= 15 is 0 Å². The summed E-state index contributed by atoms with van der Waals surface area (Å²) in [7, 11) is -0.511. The zero-order chi connectivity index (χ0) is 20.5. The van der Waals surface area contributed by atoms with Gasteiger partial charge in [-0.3, -0.25) is 4.90 Å². The largest absolute Gasteiger partial charge is 0.467 e. The van der Waals surface area contributed by atoms with E-state index in [1.165, 1.54) is 12.0 Å². The van der Waals surface area contributed by atoms with Crippen molar-refractivity contribution < 1.29 is 23.5 Å². The van der Waals surface area contributed by atoms with Gasteiger partial charge in [-0.15, -0.1) is 0 Å². The number of hydrogen-bond donors (Lipinski definition) is 0. The molecule has 1 amide bonds. The molecule has 0 saturated carbocycles. The van der Waals surface area contributed by atoms with Gasteiger partial charge in [0.05, 0.1) is 19.8 Å². The molecule has 0 aromatic heterocycles. The van der Waals surface area contributed by atoms with Crippen LogP contribution in [0, 0.1) is 0 Å². The van der Waals surface area contributed by atoms with Gasteiger partial charge in [-0.2, -0.15) is 0 Å². The first-order valence-corrected chi connectivity index (χ1v) is 12.8. The van der Waals surface area contributed by atoms with Crippen molar-refractivity contribution in [2.24, 2.45) is 0 Å². The van der Waals surface area contributed by atoms with Crippen LogP contribution in [-0.4, -0.2) is 51.1 Å². The molecular formula is C21H27NO5Si. The average molecular weight is 402 g/mol. The molecule has 0 N–H and O–H groups in total. The standard InChI is InChI=1S/C21H27NO5Si/c1-14(16-12-8-10-15-9-6-7-11-17(15)16)22-19(20(23)25-2)18(27-21(22)24)13-26-28(3,4)5/h6-12,14,18-19H,13H2,1-5H3. The highest BCUT2D eigenvalue weighted by Gasteiger charge is 2.49. The number of carbonyl (C=O) groups excluding carboxylic acids is 2. The Morgan fingerprint density at radius 2 is 1.86 bits per heavy atom. The zero-order valence-electron chi connectivity index (χ0n) is 17.0. The molecule has 0 bridgehead atoms. The molecule has 3 rings (SSSR count). The number of hydrogen-bond acceptors (Lipinski definition) is 5. The lowest BCUT2D eigenvalue weighted by molar-refractivity contribution is -0.147. The van der Waals surface area contributed by atoms with Crippen molar-refractivity contribution in [2.45, 2.75) is 44.8 Å². The van der Waals surface area contributed by atoms with Gasteiger partial charge in [-0.25, -0.2) is 9.59 Å². The van der Waals surface area contributed by atoms with E-state index in [2.05, 4.69) is 0 Å². The van der Waals surface area contributed by atoms with E-state index in [9.17, 15) is 9.59 Å². The third-order valence-electron chi connectivity index (χ3n) is 4.93. The molecule has 0 aliphatic carbocycles. The predicted octanol–water partition coefficient (Wildman–Crippen LogP) is 4.11. The van der Waals surface area contributed by atoms with Crippen molar-refractivity contribution in [2.75, 3.05) is 13.7 Å². The van der Waals surface area contributed by atoms with Crippen LogP contribution < -0.4 is 0 Å². The summed E-state index contributed by atoms with van der Waals surface area (Å²) in [5.41, 5.74) is 0.954. The Hall–Kier alpha value is -2.38. The molecule has 1 saturated heterocycles. The second-order valence-corrected chi connectivity index (χ2v) is 12.5. The van der Waals surface area contributed by atoms with E-state index in [4.69, 9.17) is 13.9 Å². The van der Waals surface area contributed by atoms with Crippen LogP contribution in [0.2, 0.25) is 19.6 Å². The van der Waals surface area contributed by atoms with Gasteiger partial charge in [-0.1, -0.05) is 42.5 Å². The maximum atomic E-state index is 12.7. The van der Waals surface area contributed by atoms with E-state index in [0.29, 0.717) is 0 Å². The molecule has 150 valence electrons. The summed E-state index contributed by atoms with van der Waals surface area (Å²) in [5, 5.41) is 2.11. The average Bonchev–Trinajstić information content (AvgIpc) is 3.00. The maximum absolute atomic E-state index is 12.7. The van der Waals surface area contributed by atoms with E-state index in [1.54, 1.807) is 0 Å². The van der Waals surface area contributed by atoms with Crippen LogP contribution in [-0.2, 0) is 18.7 Å². The van der Waals surface area contributed by atoms with E-state index in [-0.39, 0.29) is 12.6 Å². The molecule has 1 fully saturated rings. The van der Waals surface area contributed by atoms with Gasteiger partial charge in [0.25, 0.3) is 0 Å². The molecule has 28 heavy (non-hydrogen) atoms. The number of benzene rings is 2. The Morgan fingerprint density at radius 3 is 2.54 bits per heavy atom. The monoisotopic (exact) mass is 401 g/mol. The molecule has 3 atom stereocenters. The molecule has 0 radical (unpaired) electrons. The molecule has 0 spiro atoms. The van der Waals surface area contributed by atoms with Gasteiger partial charge in [0.15, 0.2) is 20.5 Å². The number of amides is 1. The van der Waals surface area contributed by atoms with Crippen LogP contribution in [0.15, 0.2) is 42.5 Å². The molecule has 6 nitrogen and oxygen atoms in total. The SMILES string of the molecule is COC(=O)C1C(CO[Si](C)(C)C)OC(=O)N1C(C)c1cccc2ccccc12. The second kappa shape index (κ2) is 7.93. The van der Waals surface area contributed by atoms with E-state index in [0.717, 1.165) is 16.3 Å². The Morgan fingerprint density at radius 1 is 1.18 bits per heavy atom. The van der Waals surface area contributed by atoms with Crippen molar-refractivity contribution in [3.8, 4) is 0 Å². The summed E-state index contributed by atoms with van der Waals surface area (Å²) in [6.07, 6.45) is -1.22. The summed E-state index contributed by atoms with van der Waals surface area (Å²) >= 11 is 0. The number of rotatable bonds is 6. The zero-order valence-corrected chi connectivity index (χ0v) is 18.0. The summed E-state index contributed by atoms with van der Waals surface area (Å²) in [6, 6.07) is 12.7. The van der Waals surface area contributed by atoms with Gasteiger partial charge >= 0.3 is 12.1 Å². The number of nitrogens with zero attached hydrogens (tertiary/aromatic N) is 1. The third kappa shape index (κ3) is 4.05. The van der Waals surface area contributed by atoms with Crippen LogP contribution >= 0.6 is 0 Å². The number of carbonyl (C=O) groups is 2. The van der Waals surface area contributed by atoms with Gasteiger partial charge in [0.2, 0.25) is 0 Å². The number of fused-ring (bicyclic) bond motifs is 1. The molecule has 3 unspecified atom stereocenters. The quantitative estimate of drug-likeness (QED) is 0.538. The second-order valence-electron chi connectivity index (χ2n) is 7.97. The predicted molar refractivity (Wildman–Crippen MR) is 110 cm³/mol. The summed E-state index contributed by atoms with van der Waals surface area (Å²) < 4.78 is 16.5. The highest BCUT2D eigenvalue weighted by atomic mass is 28.4. The first-order valence-electron chi connectivity index (χ1n) is 9.41. The molecule has 7 heteroatoms. The Labute approximate surface area is 166 Å². The van der Waals surface area contributed by atoms with Crippen molar-refractivity contribution in [1.29, 1.82) is 0 Å². The lowest BCUT2D eigenvalue weighted by Crippen LogP contribution is -2.47. The highest BCUT2D eigenvalue weighted by molar-refractivity contribution is 6.69. The molecule has 1 aliphatic rings. The van der Waals surface area contributed by atoms with Crippen LogP contribution in [0.4, 0.5) is 4.79 Å². The number of ether oxygens (including phenoxy) is 2. The smallest absolute Gasteiger partial charge is 0.411 e. The third-order valence-corrected chi connectivity index (χ3v) is 5.96. The first kappa shape index (κ1) is 20.4. The summed E-state index contributed by atoms with van der Waals surface area (Å²) in [6.45, 7) is 8.23. The Kier molecular flexibility index (Phi) is 5.76. The van der Waals surface area contributed by atoms with Gasteiger partial charge in [0, 0.05) is 0 Å². The highest BCUT2D eigenvalue weighted by Crippen LogP contribution is 2.34. The molecular weight excluding hydrogens is 374 g/mol. The van der Waals surface area contributed by atoms with Crippen LogP contribution in [0.5, 0.6) is 0 Å². The van der Waals surface area contributed by atoms with E-state index in [1.807, 2.05) is 69.0 Å². The molecule has 1 aliphatic heterocycles. The minimum Gasteiger partial charge on any atom is -0.467 e. The number of methoxy groups -OCH3 is 1. The summed E-state index contributed by atoms with van der Waals surface area (Å²) in [4.78, 5) is 26.8.